The fourth-order valence-corrected chi connectivity index (χ4v) is 4.27. The molecule has 2 N–H and O–H groups in total. The molecule has 0 amide bonds. The first-order chi connectivity index (χ1) is 15.5. The highest BCUT2D eigenvalue weighted by Gasteiger charge is 2.43. The van der Waals surface area contributed by atoms with Gasteiger partial charge in [0.05, 0.1) is 31.5 Å². The minimum Gasteiger partial charge on any atom is -0.491 e. The fraction of sp³-hybridized carbons (Fsp3) is 0.520. The van der Waals surface area contributed by atoms with Gasteiger partial charge in [-0.15, -0.1) is 0 Å². The number of benzene rings is 2. The van der Waals surface area contributed by atoms with Gasteiger partial charge in [0, 0.05) is 30.5 Å². The van der Waals surface area contributed by atoms with Gasteiger partial charge in [-0.1, -0.05) is 29.8 Å². The smallest absolute Gasteiger partial charge is 0.197 e. The molecule has 32 heavy (non-hydrogen) atoms. The molecule has 1 heterocycles. The fourth-order valence-electron chi connectivity index (χ4n) is 4.09. The van der Waals surface area contributed by atoms with Crippen molar-refractivity contribution in [3.8, 4) is 5.75 Å². The summed E-state index contributed by atoms with van der Waals surface area (Å²) in [6, 6.07) is 13.6. The van der Waals surface area contributed by atoms with Gasteiger partial charge in [-0.25, -0.2) is 0 Å². The van der Waals surface area contributed by atoms with E-state index in [-0.39, 0.29) is 13.0 Å². The minimum atomic E-state index is -1.12. The number of methoxy groups -OCH3 is 1. The van der Waals surface area contributed by atoms with Gasteiger partial charge < -0.3 is 29.2 Å². The Labute approximate surface area is 194 Å². The molecule has 0 bridgehead atoms. The SMILES string of the molecule is COC1(c2ccc(Cl)c(Cc3ccc(OCCOC4CC4)cc3)c2)C[C@@H](O)CC(CO)O1. The zero-order valence-electron chi connectivity index (χ0n) is 18.3. The molecule has 3 atom stereocenters. The molecule has 2 aliphatic rings. The molecule has 1 aliphatic carbocycles. The largest absolute Gasteiger partial charge is 0.491 e. The summed E-state index contributed by atoms with van der Waals surface area (Å²) in [7, 11) is 1.55. The van der Waals surface area contributed by atoms with E-state index < -0.39 is 18.0 Å². The molecule has 2 aromatic rings. The van der Waals surface area contributed by atoms with Crippen LogP contribution in [0.5, 0.6) is 5.75 Å². The van der Waals surface area contributed by atoms with Gasteiger partial charge in [-0.3, -0.25) is 0 Å². The first-order valence-corrected chi connectivity index (χ1v) is 11.5. The minimum absolute atomic E-state index is 0.177. The molecular formula is C25H31ClO6. The van der Waals surface area contributed by atoms with Crippen LogP contribution in [0, 0.1) is 0 Å². The molecule has 1 saturated heterocycles. The highest BCUT2D eigenvalue weighted by Crippen LogP contribution is 2.40. The van der Waals surface area contributed by atoms with Crippen molar-refractivity contribution in [1.29, 1.82) is 0 Å². The molecule has 1 saturated carbocycles. The summed E-state index contributed by atoms with van der Waals surface area (Å²) in [6.07, 6.45) is 2.96. The average molecular weight is 463 g/mol. The Hall–Kier alpha value is -1.67. The number of hydrogen-bond acceptors (Lipinski definition) is 6. The Morgan fingerprint density at radius 2 is 1.91 bits per heavy atom. The standard InChI is InChI=1S/C25H31ClO6/c1-29-25(15-20(28)14-23(16-27)32-25)19-4-9-24(26)18(13-19)12-17-2-5-21(6-3-17)30-10-11-31-22-7-8-22/h2-6,9,13,20,22-23,27-28H,7-8,10-12,14-16H2,1H3/t20-,23?,25?/m0/s1. The number of ether oxygens (including phenoxy) is 4. The molecule has 174 valence electrons. The predicted octanol–water partition coefficient (Wildman–Crippen LogP) is 3.82. The van der Waals surface area contributed by atoms with Crippen molar-refractivity contribution in [3.05, 3.63) is 64.2 Å². The molecule has 4 rings (SSSR count). The van der Waals surface area contributed by atoms with E-state index in [1.54, 1.807) is 7.11 Å². The van der Waals surface area contributed by atoms with Crippen molar-refractivity contribution >= 4 is 11.6 Å². The number of aliphatic hydroxyl groups excluding tert-OH is 2. The topological polar surface area (TPSA) is 77.4 Å². The monoisotopic (exact) mass is 462 g/mol. The summed E-state index contributed by atoms with van der Waals surface area (Å²) in [5.41, 5.74) is 2.79. The van der Waals surface area contributed by atoms with Crippen LogP contribution in [0.25, 0.3) is 0 Å². The van der Waals surface area contributed by atoms with Gasteiger partial charge in [0.15, 0.2) is 5.79 Å². The van der Waals surface area contributed by atoms with Gasteiger partial charge in [0.1, 0.15) is 12.4 Å². The lowest BCUT2D eigenvalue weighted by Crippen LogP contribution is -2.46. The van der Waals surface area contributed by atoms with Gasteiger partial charge in [0.2, 0.25) is 0 Å². The van der Waals surface area contributed by atoms with Gasteiger partial charge >= 0.3 is 0 Å². The molecule has 2 fully saturated rings. The second-order valence-electron chi connectivity index (χ2n) is 8.52. The van der Waals surface area contributed by atoms with E-state index in [1.807, 2.05) is 42.5 Å². The summed E-state index contributed by atoms with van der Waals surface area (Å²) in [4.78, 5) is 0. The number of aliphatic hydroxyl groups is 2. The summed E-state index contributed by atoms with van der Waals surface area (Å²) in [5.74, 6) is -0.309. The lowest BCUT2D eigenvalue weighted by Gasteiger charge is -2.42. The Kier molecular flexibility index (Phi) is 7.71. The molecule has 2 unspecified atom stereocenters. The maximum Gasteiger partial charge on any atom is 0.197 e. The van der Waals surface area contributed by atoms with Crippen molar-refractivity contribution in [1.82, 2.24) is 0 Å². The van der Waals surface area contributed by atoms with Crippen LogP contribution in [0.15, 0.2) is 42.5 Å². The Balaban J connectivity index is 1.44. The van der Waals surface area contributed by atoms with E-state index in [0.29, 0.717) is 37.2 Å². The molecule has 2 aromatic carbocycles. The van der Waals surface area contributed by atoms with Crippen molar-refractivity contribution < 1.29 is 29.2 Å². The summed E-state index contributed by atoms with van der Waals surface area (Å²) in [6.45, 7) is 0.983. The summed E-state index contributed by atoms with van der Waals surface area (Å²) < 4.78 is 23.1. The van der Waals surface area contributed by atoms with E-state index in [4.69, 9.17) is 30.5 Å². The van der Waals surface area contributed by atoms with Gasteiger partial charge in [-0.05, 0) is 54.7 Å². The molecule has 6 nitrogen and oxygen atoms in total. The normalized spacial score (nSPS) is 25.6. The second kappa shape index (κ2) is 10.5. The summed E-state index contributed by atoms with van der Waals surface area (Å²) in [5, 5.41) is 20.5. The van der Waals surface area contributed by atoms with E-state index >= 15 is 0 Å². The van der Waals surface area contributed by atoms with E-state index in [9.17, 15) is 10.2 Å². The first kappa shape index (κ1) is 23.5. The Morgan fingerprint density at radius 1 is 1.12 bits per heavy atom. The molecule has 1 aliphatic heterocycles. The Morgan fingerprint density at radius 3 is 2.59 bits per heavy atom. The predicted molar refractivity (Wildman–Crippen MR) is 121 cm³/mol. The number of hydrogen-bond donors (Lipinski definition) is 2. The van der Waals surface area contributed by atoms with Crippen LogP contribution in [0.4, 0.5) is 0 Å². The van der Waals surface area contributed by atoms with Crippen LogP contribution >= 0.6 is 11.6 Å². The van der Waals surface area contributed by atoms with Crippen LogP contribution in [0.3, 0.4) is 0 Å². The second-order valence-corrected chi connectivity index (χ2v) is 8.93. The molecule has 7 heteroatoms. The van der Waals surface area contributed by atoms with E-state index in [0.717, 1.165) is 22.4 Å². The van der Waals surface area contributed by atoms with Crippen LogP contribution in [-0.2, 0) is 26.4 Å². The third kappa shape index (κ3) is 5.81. The van der Waals surface area contributed by atoms with E-state index in [2.05, 4.69) is 0 Å². The van der Waals surface area contributed by atoms with Crippen molar-refractivity contribution in [2.45, 2.75) is 56.2 Å². The lowest BCUT2D eigenvalue weighted by atomic mass is 9.91. The maximum absolute atomic E-state index is 10.3. The highest BCUT2D eigenvalue weighted by molar-refractivity contribution is 6.31. The van der Waals surface area contributed by atoms with Crippen LogP contribution in [0.1, 0.15) is 42.4 Å². The van der Waals surface area contributed by atoms with Crippen LogP contribution in [0.2, 0.25) is 5.02 Å². The zero-order chi connectivity index (χ0) is 22.6. The first-order valence-electron chi connectivity index (χ1n) is 11.2. The van der Waals surface area contributed by atoms with Crippen molar-refractivity contribution in [2.75, 3.05) is 26.9 Å². The van der Waals surface area contributed by atoms with Crippen LogP contribution in [-0.4, -0.2) is 55.5 Å². The lowest BCUT2D eigenvalue weighted by molar-refractivity contribution is -0.298. The quantitative estimate of drug-likeness (QED) is 0.523. The third-order valence-corrected chi connectivity index (χ3v) is 6.33. The molecule has 0 radical (unpaired) electrons. The van der Waals surface area contributed by atoms with Crippen molar-refractivity contribution in [2.24, 2.45) is 0 Å². The van der Waals surface area contributed by atoms with Crippen molar-refractivity contribution in [3.63, 3.8) is 0 Å². The maximum atomic E-state index is 10.3. The molecular weight excluding hydrogens is 432 g/mol. The Bertz CT molecular complexity index is 885. The number of rotatable bonds is 10. The molecule has 0 spiro atoms. The third-order valence-electron chi connectivity index (χ3n) is 5.96. The number of halogens is 1. The van der Waals surface area contributed by atoms with E-state index in [1.165, 1.54) is 12.8 Å². The highest BCUT2D eigenvalue weighted by atomic mass is 35.5. The van der Waals surface area contributed by atoms with Crippen LogP contribution < -0.4 is 4.74 Å². The zero-order valence-corrected chi connectivity index (χ0v) is 19.1. The van der Waals surface area contributed by atoms with Gasteiger partial charge in [0.25, 0.3) is 0 Å². The van der Waals surface area contributed by atoms with Gasteiger partial charge in [-0.2, -0.15) is 0 Å². The average Bonchev–Trinajstić information content (AvgIpc) is 3.63. The summed E-state index contributed by atoms with van der Waals surface area (Å²) >= 11 is 6.50. The molecule has 0 aromatic heterocycles.